The van der Waals surface area contributed by atoms with Crippen LogP contribution in [0.4, 0.5) is 5.69 Å². The number of hydrogen-bond donors (Lipinski definition) is 1. The first-order valence-corrected chi connectivity index (χ1v) is 6.27. The Kier molecular flexibility index (Phi) is 3.70. The first-order chi connectivity index (χ1) is 9.40. The van der Waals surface area contributed by atoms with Gasteiger partial charge in [-0.05, 0) is 30.8 Å². The molecule has 1 N–H and O–H groups in total. The number of carboxylic acid groups (broad SMARTS) is 1. The molecule has 0 aliphatic carbocycles. The van der Waals surface area contributed by atoms with Gasteiger partial charge in [0.1, 0.15) is 5.82 Å². The van der Waals surface area contributed by atoms with Crippen molar-refractivity contribution >= 4 is 23.4 Å². The molecule has 0 bridgehead atoms. The van der Waals surface area contributed by atoms with Crippen LogP contribution in [0.15, 0.2) is 28.3 Å². The van der Waals surface area contributed by atoms with E-state index in [0.29, 0.717) is 11.0 Å². The third kappa shape index (κ3) is 2.62. The van der Waals surface area contributed by atoms with Gasteiger partial charge in [-0.1, -0.05) is 0 Å². The lowest BCUT2D eigenvalue weighted by Gasteiger charge is -2.04. The Balaban J connectivity index is 2.47. The molecule has 0 saturated heterocycles. The number of nitro groups is 1. The van der Waals surface area contributed by atoms with E-state index in [-0.39, 0.29) is 16.1 Å². The van der Waals surface area contributed by atoms with Crippen molar-refractivity contribution in [2.45, 2.75) is 17.0 Å². The van der Waals surface area contributed by atoms with Gasteiger partial charge < -0.3 is 9.67 Å². The van der Waals surface area contributed by atoms with Crippen molar-refractivity contribution in [3.8, 4) is 0 Å². The largest absolute Gasteiger partial charge is 0.478 e. The van der Waals surface area contributed by atoms with E-state index in [0.717, 1.165) is 11.8 Å². The molecule has 0 radical (unpaired) electrons. The van der Waals surface area contributed by atoms with Crippen molar-refractivity contribution < 1.29 is 14.8 Å². The fourth-order valence-electron chi connectivity index (χ4n) is 1.45. The Morgan fingerprint density at radius 1 is 1.45 bits per heavy atom. The number of aromatic nitrogens is 3. The summed E-state index contributed by atoms with van der Waals surface area (Å²) >= 11 is 1.01. The average molecular weight is 294 g/mol. The van der Waals surface area contributed by atoms with Gasteiger partial charge in [0, 0.05) is 13.1 Å². The molecule has 20 heavy (non-hydrogen) atoms. The number of aryl methyl sites for hydroxylation is 1. The molecule has 2 rings (SSSR count). The monoisotopic (exact) mass is 294 g/mol. The number of nitro benzene ring substituents is 1. The van der Waals surface area contributed by atoms with Crippen LogP contribution in [0.5, 0.6) is 0 Å². The van der Waals surface area contributed by atoms with Crippen molar-refractivity contribution in [1.29, 1.82) is 0 Å². The maximum atomic E-state index is 11.0. The van der Waals surface area contributed by atoms with E-state index in [1.807, 2.05) is 0 Å². The van der Waals surface area contributed by atoms with Crippen molar-refractivity contribution in [3.63, 3.8) is 0 Å². The van der Waals surface area contributed by atoms with E-state index >= 15 is 0 Å². The minimum atomic E-state index is -1.14. The molecule has 2 aromatic rings. The molecule has 0 spiro atoms. The summed E-state index contributed by atoms with van der Waals surface area (Å²) in [6.45, 7) is 1.75. The summed E-state index contributed by atoms with van der Waals surface area (Å²) in [5.41, 5.74) is -0.183. The van der Waals surface area contributed by atoms with E-state index < -0.39 is 10.9 Å². The lowest BCUT2D eigenvalue weighted by molar-refractivity contribution is -0.387. The highest BCUT2D eigenvalue weighted by Crippen LogP contribution is 2.34. The van der Waals surface area contributed by atoms with E-state index in [1.165, 1.54) is 18.2 Å². The third-order valence-corrected chi connectivity index (χ3v) is 3.74. The molecule has 0 amide bonds. The molecule has 0 atom stereocenters. The van der Waals surface area contributed by atoms with Gasteiger partial charge in [-0.3, -0.25) is 10.1 Å². The zero-order chi connectivity index (χ0) is 14.9. The zero-order valence-electron chi connectivity index (χ0n) is 10.6. The van der Waals surface area contributed by atoms with Gasteiger partial charge in [-0.15, -0.1) is 10.2 Å². The van der Waals surface area contributed by atoms with Crippen molar-refractivity contribution in [2.75, 3.05) is 0 Å². The zero-order valence-corrected chi connectivity index (χ0v) is 11.4. The van der Waals surface area contributed by atoms with Gasteiger partial charge >= 0.3 is 5.97 Å². The molecule has 1 aromatic heterocycles. The number of carboxylic acids is 1. The van der Waals surface area contributed by atoms with Crippen LogP contribution in [0.3, 0.4) is 0 Å². The normalized spacial score (nSPS) is 10.5. The Labute approximate surface area is 117 Å². The maximum Gasteiger partial charge on any atom is 0.335 e. The summed E-state index contributed by atoms with van der Waals surface area (Å²) in [5.74, 6) is -0.486. The quantitative estimate of drug-likeness (QED) is 0.676. The van der Waals surface area contributed by atoms with Crippen molar-refractivity contribution in [1.82, 2.24) is 14.8 Å². The molecule has 8 nitrogen and oxygen atoms in total. The summed E-state index contributed by atoms with van der Waals surface area (Å²) in [6, 6.07) is 3.64. The number of aromatic carboxylic acids is 1. The van der Waals surface area contributed by atoms with Crippen molar-refractivity contribution in [2.24, 2.45) is 7.05 Å². The smallest absolute Gasteiger partial charge is 0.335 e. The summed E-state index contributed by atoms with van der Waals surface area (Å²) in [4.78, 5) is 21.6. The van der Waals surface area contributed by atoms with E-state index in [2.05, 4.69) is 10.2 Å². The summed E-state index contributed by atoms with van der Waals surface area (Å²) in [7, 11) is 1.73. The molecule has 1 heterocycles. The number of hydrogen-bond acceptors (Lipinski definition) is 6. The summed E-state index contributed by atoms with van der Waals surface area (Å²) in [6.07, 6.45) is 0. The standard InChI is InChI=1S/C11H10N4O4S/c1-6-12-13-11(14(6)2)20-9-5-7(10(16)17)3-4-8(9)15(18)19/h3-5H,1-2H3,(H,16,17). The van der Waals surface area contributed by atoms with E-state index in [9.17, 15) is 14.9 Å². The molecule has 0 fully saturated rings. The average Bonchev–Trinajstić information content (AvgIpc) is 2.70. The lowest BCUT2D eigenvalue weighted by atomic mass is 10.2. The maximum absolute atomic E-state index is 11.0. The predicted octanol–water partition coefficient (Wildman–Crippen LogP) is 1.88. The Bertz CT molecular complexity index is 698. The van der Waals surface area contributed by atoms with Crippen LogP contribution in [0, 0.1) is 17.0 Å². The highest BCUT2D eigenvalue weighted by molar-refractivity contribution is 7.99. The molecule has 9 heteroatoms. The second-order valence-electron chi connectivity index (χ2n) is 3.94. The third-order valence-electron chi connectivity index (χ3n) is 2.66. The molecular weight excluding hydrogens is 284 g/mol. The first-order valence-electron chi connectivity index (χ1n) is 5.45. The SMILES string of the molecule is Cc1nnc(Sc2cc(C(=O)O)ccc2[N+](=O)[O-])n1C. The molecule has 0 unspecified atom stereocenters. The fourth-order valence-corrected chi connectivity index (χ4v) is 2.44. The molecule has 0 aliphatic rings. The van der Waals surface area contributed by atoms with Gasteiger partial charge in [0.05, 0.1) is 15.4 Å². The van der Waals surface area contributed by atoms with Crippen LogP contribution < -0.4 is 0 Å². The predicted molar refractivity (Wildman–Crippen MR) is 69.9 cm³/mol. The van der Waals surface area contributed by atoms with Crippen molar-refractivity contribution in [3.05, 3.63) is 39.7 Å². The van der Waals surface area contributed by atoms with Gasteiger partial charge in [0.25, 0.3) is 5.69 Å². The Morgan fingerprint density at radius 2 is 2.15 bits per heavy atom. The van der Waals surface area contributed by atoms with Gasteiger partial charge in [-0.2, -0.15) is 0 Å². The molecule has 1 aromatic carbocycles. The molecule has 0 aliphatic heterocycles. The van der Waals surface area contributed by atoms with Gasteiger partial charge in [0.2, 0.25) is 0 Å². The van der Waals surface area contributed by atoms with E-state index in [4.69, 9.17) is 5.11 Å². The Morgan fingerprint density at radius 3 is 2.65 bits per heavy atom. The second-order valence-corrected chi connectivity index (χ2v) is 4.94. The summed E-state index contributed by atoms with van der Waals surface area (Å²) < 4.78 is 1.67. The molecule has 104 valence electrons. The first kappa shape index (κ1) is 14.0. The highest BCUT2D eigenvalue weighted by Gasteiger charge is 2.19. The van der Waals surface area contributed by atoms with Gasteiger partial charge in [0.15, 0.2) is 5.16 Å². The Hall–Kier alpha value is -2.42. The topological polar surface area (TPSA) is 111 Å². The number of carbonyl (C=O) groups is 1. The van der Waals surface area contributed by atoms with Crippen LogP contribution in [-0.2, 0) is 7.05 Å². The number of rotatable bonds is 4. The van der Waals surface area contributed by atoms with Crippen LogP contribution in [0.1, 0.15) is 16.2 Å². The highest BCUT2D eigenvalue weighted by atomic mass is 32.2. The number of benzene rings is 1. The molecular formula is C11H10N4O4S. The lowest BCUT2D eigenvalue weighted by Crippen LogP contribution is -1.99. The van der Waals surface area contributed by atoms with Crippen LogP contribution in [0.2, 0.25) is 0 Å². The van der Waals surface area contributed by atoms with E-state index in [1.54, 1.807) is 18.5 Å². The van der Waals surface area contributed by atoms with Crippen LogP contribution in [0.25, 0.3) is 0 Å². The van der Waals surface area contributed by atoms with Crippen LogP contribution in [-0.4, -0.2) is 30.8 Å². The minimum absolute atomic E-state index is 0.0167. The van der Waals surface area contributed by atoms with Gasteiger partial charge in [-0.25, -0.2) is 4.79 Å². The molecule has 0 saturated carbocycles. The summed E-state index contributed by atoms with van der Waals surface area (Å²) in [5, 5.41) is 28.1. The van der Waals surface area contributed by atoms with Crippen LogP contribution >= 0.6 is 11.8 Å². The fraction of sp³-hybridized carbons (Fsp3) is 0.182. The number of nitrogens with zero attached hydrogens (tertiary/aromatic N) is 4. The minimum Gasteiger partial charge on any atom is -0.478 e. The second kappa shape index (κ2) is 5.29.